The van der Waals surface area contributed by atoms with Gasteiger partial charge in [0.15, 0.2) is 11.6 Å². The van der Waals surface area contributed by atoms with Gasteiger partial charge in [0.05, 0.1) is 12.7 Å². The van der Waals surface area contributed by atoms with Crippen LogP contribution in [0.25, 0.3) is 0 Å². The van der Waals surface area contributed by atoms with Crippen LogP contribution in [0.2, 0.25) is 0 Å². The van der Waals surface area contributed by atoms with Crippen molar-refractivity contribution in [2.24, 2.45) is 0 Å². The summed E-state index contributed by atoms with van der Waals surface area (Å²) in [4.78, 5) is -0.740. The Morgan fingerprint density at radius 2 is 1.89 bits per heavy atom. The van der Waals surface area contributed by atoms with Gasteiger partial charge in [-0.05, 0) is 19.9 Å². The van der Waals surface area contributed by atoms with E-state index in [1.165, 1.54) is 0 Å². The van der Waals surface area contributed by atoms with Gasteiger partial charge in [-0.15, -0.1) is 0 Å². The molecule has 0 saturated carbocycles. The summed E-state index contributed by atoms with van der Waals surface area (Å²) in [6.07, 6.45) is -0.0436. The smallest absolute Gasteiger partial charge is 0.265 e. The summed E-state index contributed by atoms with van der Waals surface area (Å²) in [5.41, 5.74) is 0. The number of ether oxygens (including phenoxy) is 2. The molecule has 0 bridgehead atoms. The third kappa shape index (κ3) is 4.93. The van der Waals surface area contributed by atoms with E-state index in [0.29, 0.717) is 12.1 Å². The lowest BCUT2D eigenvalue weighted by Gasteiger charge is -2.12. The normalized spacial score (nSPS) is 11.9. The topological polar surface area (TPSA) is 52.6 Å². The summed E-state index contributed by atoms with van der Waals surface area (Å²) in [6, 6.07) is 1.12. The van der Waals surface area contributed by atoms with Crippen LogP contribution < -0.4 is 4.74 Å². The molecule has 0 heterocycles. The molecule has 0 aliphatic heterocycles. The van der Waals surface area contributed by atoms with Gasteiger partial charge in [-0.3, -0.25) is 0 Å². The summed E-state index contributed by atoms with van der Waals surface area (Å²) >= 11 is 0. The Balaban J connectivity index is 2.93. The van der Waals surface area contributed by atoms with Gasteiger partial charge < -0.3 is 9.47 Å². The van der Waals surface area contributed by atoms with Crippen molar-refractivity contribution in [3.05, 3.63) is 23.8 Å². The Hall–Kier alpha value is -0.920. The summed E-state index contributed by atoms with van der Waals surface area (Å²) in [6.45, 7) is 3.65. The quantitative estimate of drug-likeness (QED) is 0.598. The van der Waals surface area contributed by atoms with E-state index in [1.807, 2.05) is 0 Å². The van der Waals surface area contributed by atoms with E-state index < -0.39 is 31.3 Å². The summed E-state index contributed by atoms with van der Waals surface area (Å²) in [7, 11) is 0.793. The number of hydrogen-bond donors (Lipinski definition) is 0. The van der Waals surface area contributed by atoms with Crippen LogP contribution in [0.5, 0.6) is 5.75 Å². The predicted molar refractivity (Wildman–Crippen MR) is 66.0 cm³/mol. The highest BCUT2D eigenvalue weighted by molar-refractivity contribution is 8.13. The Morgan fingerprint density at radius 3 is 2.42 bits per heavy atom. The van der Waals surface area contributed by atoms with Crippen molar-refractivity contribution in [3.63, 3.8) is 0 Å². The van der Waals surface area contributed by atoms with Gasteiger partial charge >= 0.3 is 0 Å². The van der Waals surface area contributed by atoms with Crippen molar-refractivity contribution in [2.75, 3.05) is 13.2 Å². The Morgan fingerprint density at radius 1 is 1.26 bits per heavy atom. The average Bonchev–Trinajstić information content (AvgIpc) is 2.24. The van der Waals surface area contributed by atoms with Gasteiger partial charge in [0.2, 0.25) is 0 Å². The fourth-order valence-electron chi connectivity index (χ4n) is 1.29. The summed E-state index contributed by atoms with van der Waals surface area (Å²) in [5, 5.41) is 0. The second kappa shape index (κ2) is 6.49. The minimum Gasteiger partial charge on any atom is -0.487 e. The van der Waals surface area contributed by atoms with Crippen LogP contribution in [0, 0.1) is 11.6 Å². The molecule has 19 heavy (non-hydrogen) atoms. The van der Waals surface area contributed by atoms with E-state index in [0.717, 1.165) is 0 Å². The highest BCUT2D eigenvalue weighted by atomic mass is 35.7. The third-order valence-corrected chi connectivity index (χ3v) is 3.35. The molecule has 0 atom stereocenters. The molecule has 0 spiro atoms. The minimum atomic E-state index is -4.31. The van der Waals surface area contributed by atoms with E-state index in [-0.39, 0.29) is 19.3 Å². The monoisotopic (exact) mass is 314 g/mol. The van der Waals surface area contributed by atoms with Crippen molar-refractivity contribution in [3.8, 4) is 5.75 Å². The lowest BCUT2D eigenvalue weighted by atomic mass is 10.3. The lowest BCUT2D eigenvalue weighted by Crippen LogP contribution is -2.13. The molecule has 0 amide bonds. The van der Waals surface area contributed by atoms with Crippen molar-refractivity contribution < 1.29 is 26.7 Å². The maximum atomic E-state index is 13.5. The standard InChI is InChI=1S/C11H13ClF2O4S/c1-7(2)17-3-4-18-11-9(14)5-8(13)6-10(11)19(12,15)16/h5-7H,3-4H2,1-2H3. The first-order valence-corrected chi connectivity index (χ1v) is 7.71. The molecule has 1 aromatic rings. The van der Waals surface area contributed by atoms with Crippen LogP contribution in [-0.2, 0) is 13.8 Å². The minimum absolute atomic E-state index is 0.0436. The van der Waals surface area contributed by atoms with Gasteiger partial charge in [0.1, 0.15) is 17.3 Å². The molecule has 0 aliphatic rings. The SMILES string of the molecule is CC(C)OCCOc1c(F)cc(F)cc1S(=O)(=O)Cl. The molecule has 0 N–H and O–H groups in total. The molecule has 0 unspecified atom stereocenters. The molecule has 0 aliphatic carbocycles. The third-order valence-electron chi connectivity index (χ3n) is 2.02. The van der Waals surface area contributed by atoms with Gasteiger partial charge in [-0.25, -0.2) is 17.2 Å². The molecule has 0 radical (unpaired) electrons. The first kappa shape index (κ1) is 16.1. The van der Waals surface area contributed by atoms with Crippen LogP contribution in [0.3, 0.4) is 0 Å². The highest BCUT2D eigenvalue weighted by Crippen LogP contribution is 2.30. The van der Waals surface area contributed by atoms with Crippen LogP contribution >= 0.6 is 10.7 Å². The average molecular weight is 315 g/mol. The predicted octanol–water partition coefficient (Wildman–Crippen LogP) is 2.70. The number of rotatable bonds is 6. The zero-order valence-electron chi connectivity index (χ0n) is 10.3. The number of hydrogen-bond acceptors (Lipinski definition) is 4. The van der Waals surface area contributed by atoms with Crippen LogP contribution in [0.1, 0.15) is 13.8 Å². The fourth-order valence-corrected chi connectivity index (χ4v) is 2.26. The van der Waals surface area contributed by atoms with Crippen molar-refractivity contribution >= 4 is 19.7 Å². The Labute approximate surface area is 114 Å². The van der Waals surface area contributed by atoms with E-state index >= 15 is 0 Å². The van der Waals surface area contributed by atoms with E-state index in [9.17, 15) is 17.2 Å². The number of halogens is 3. The highest BCUT2D eigenvalue weighted by Gasteiger charge is 2.22. The van der Waals surface area contributed by atoms with Crippen LogP contribution in [0.4, 0.5) is 8.78 Å². The molecule has 1 aromatic carbocycles. The number of benzene rings is 1. The zero-order chi connectivity index (χ0) is 14.6. The maximum Gasteiger partial charge on any atom is 0.265 e. The van der Waals surface area contributed by atoms with Crippen LogP contribution in [0.15, 0.2) is 17.0 Å². The van der Waals surface area contributed by atoms with Crippen molar-refractivity contribution in [1.29, 1.82) is 0 Å². The first-order chi connectivity index (χ1) is 8.71. The summed E-state index contributed by atoms with van der Waals surface area (Å²) in [5.74, 6) is -2.80. The van der Waals surface area contributed by atoms with E-state index in [1.54, 1.807) is 13.8 Å². The largest absolute Gasteiger partial charge is 0.487 e. The van der Waals surface area contributed by atoms with Gasteiger partial charge in [0.25, 0.3) is 9.05 Å². The summed E-state index contributed by atoms with van der Waals surface area (Å²) < 4.78 is 59.0. The van der Waals surface area contributed by atoms with Gasteiger partial charge in [-0.2, -0.15) is 0 Å². The molecular formula is C11H13ClF2O4S. The van der Waals surface area contributed by atoms with E-state index in [4.69, 9.17) is 20.2 Å². The molecular weight excluding hydrogens is 302 g/mol. The Kier molecular flexibility index (Phi) is 5.51. The molecule has 8 heteroatoms. The molecule has 108 valence electrons. The molecule has 1 rings (SSSR count). The zero-order valence-corrected chi connectivity index (χ0v) is 11.9. The second-order valence-corrected chi connectivity index (χ2v) is 6.46. The van der Waals surface area contributed by atoms with Gasteiger partial charge in [-0.1, -0.05) is 0 Å². The molecule has 0 fully saturated rings. The van der Waals surface area contributed by atoms with Crippen LogP contribution in [-0.4, -0.2) is 27.7 Å². The first-order valence-electron chi connectivity index (χ1n) is 5.40. The second-order valence-electron chi connectivity index (χ2n) is 3.92. The maximum absolute atomic E-state index is 13.5. The molecule has 0 saturated heterocycles. The molecule has 0 aromatic heterocycles. The van der Waals surface area contributed by atoms with Crippen molar-refractivity contribution in [1.82, 2.24) is 0 Å². The lowest BCUT2D eigenvalue weighted by molar-refractivity contribution is 0.0537. The molecule has 4 nitrogen and oxygen atoms in total. The van der Waals surface area contributed by atoms with Gasteiger partial charge in [0, 0.05) is 16.7 Å². The Bertz CT molecular complexity index is 546. The van der Waals surface area contributed by atoms with E-state index in [2.05, 4.69) is 0 Å². The fraction of sp³-hybridized carbons (Fsp3) is 0.455. The van der Waals surface area contributed by atoms with Crippen molar-refractivity contribution in [2.45, 2.75) is 24.8 Å².